The Morgan fingerprint density at radius 2 is 1.77 bits per heavy atom. The average molecular weight is 359 g/mol. The molecular formula is C21H34N4O. The number of hydrogen-bond donors (Lipinski definition) is 2. The predicted molar refractivity (Wildman–Crippen MR) is 106 cm³/mol. The predicted octanol–water partition coefficient (Wildman–Crippen LogP) is 3.00. The average Bonchev–Trinajstić information content (AvgIpc) is 2.70. The zero-order chi connectivity index (χ0) is 18.2. The van der Waals surface area contributed by atoms with E-state index in [1.165, 1.54) is 24.8 Å². The van der Waals surface area contributed by atoms with E-state index in [9.17, 15) is 4.79 Å². The summed E-state index contributed by atoms with van der Waals surface area (Å²) in [5.41, 5.74) is 1.29. The molecule has 5 heteroatoms. The Hall–Kier alpha value is -1.59. The van der Waals surface area contributed by atoms with Crippen LogP contribution < -0.4 is 10.6 Å². The molecule has 1 aromatic carbocycles. The van der Waals surface area contributed by atoms with Crippen LogP contribution in [0.3, 0.4) is 0 Å². The second kappa shape index (κ2) is 9.93. The number of piperazine rings is 1. The minimum Gasteiger partial charge on any atom is -0.336 e. The third kappa shape index (κ3) is 5.45. The van der Waals surface area contributed by atoms with Crippen LogP contribution in [0.4, 0.5) is 4.79 Å². The molecule has 1 unspecified atom stereocenters. The van der Waals surface area contributed by atoms with E-state index < -0.39 is 0 Å². The van der Waals surface area contributed by atoms with E-state index >= 15 is 0 Å². The second-order valence-electron chi connectivity index (χ2n) is 7.59. The number of carbonyl (C=O) groups is 1. The maximum atomic E-state index is 12.4. The number of carbonyl (C=O) groups excluding carboxylic acids is 1. The van der Waals surface area contributed by atoms with Gasteiger partial charge in [-0.2, -0.15) is 0 Å². The molecule has 144 valence electrons. The van der Waals surface area contributed by atoms with E-state index in [0.29, 0.717) is 12.6 Å². The van der Waals surface area contributed by atoms with Gasteiger partial charge in [0.25, 0.3) is 0 Å². The van der Waals surface area contributed by atoms with E-state index in [2.05, 4.69) is 57.7 Å². The lowest BCUT2D eigenvalue weighted by Crippen LogP contribution is -2.51. The van der Waals surface area contributed by atoms with Crippen LogP contribution in [0, 0.1) is 0 Å². The maximum Gasteiger partial charge on any atom is 0.315 e. The standard InChI is InChI=1S/C21H34N4O/c1-2-24-13-15-25(16-14-24)20(18-9-5-3-6-10-18)17-22-21(26)23-19-11-7-4-8-12-19/h3,5-6,9-10,19-20H,2,4,7-8,11-17H2,1H3,(H2,22,23,26). The molecule has 1 atom stereocenters. The van der Waals surface area contributed by atoms with E-state index in [0.717, 1.165) is 45.6 Å². The number of benzene rings is 1. The molecular weight excluding hydrogens is 324 g/mol. The fourth-order valence-electron chi connectivity index (χ4n) is 4.20. The lowest BCUT2D eigenvalue weighted by molar-refractivity contribution is 0.0989. The van der Waals surface area contributed by atoms with Crippen LogP contribution in [0.15, 0.2) is 30.3 Å². The van der Waals surface area contributed by atoms with Crippen LogP contribution in [0.1, 0.15) is 50.6 Å². The van der Waals surface area contributed by atoms with Crippen molar-refractivity contribution in [2.75, 3.05) is 39.3 Å². The Bertz CT molecular complexity index is 536. The van der Waals surface area contributed by atoms with Gasteiger partial charge in [0.1, 0.15) is 0 Å². The first-order valence-electron chi connectivity index (χ1n) is 10.3. The van der Waals surface area contributed by atoms with Gasteiger partial charge in [0, 0.05) is 38.8 Å². The highest BCUT2D eigenvalue weighted by molar-refractivity contribution is 5.74. The molecule has 0 bridgehead atoms. The number of amides is 2. The van der Waals surface area contributed by atoms with Crippen LogP contribution in [0.25, 0.3) is 0 Å². The highest BCUT2D eigenvalue weighted by Crippen LogP contribution is 2.22. The summed E-state index contributed by atoms with van der Waals surface area (Å²) in [5.74, 6) is 0. The van der Waals surface area contributed by atoms with Gasteiger partial charge in [-0.05, 0) is 24.9 Å². The van der Waals surface area contributed by atoms with Gasteiger partial charge in [-0.25, -0.2) is 4.79 Å². The van der Waals surface area contributed by atoms with E-state index in [1.807, 2.05) is 0 Å². The first kappa shape index (κ1) is 19.2. The molecule has 5 nitrogen and oxygen atoms in total. The lowest BCUT2D eigenvalue weighted by Gasteiger charge is -2.39. The summed E-state index contributed by atoms with van der Waals surface area (Å²) in [4.78, 5) is 17.4. The maximum absolute atomic E-state index is 12.4. The second-order valence-corrected chi connectivity index (χ2v) is 7.59. The van der Waals surface area contributed by atoms with Crippen molar-refractivity contribution in [1.29, 1.82) is 0 Å². The van der Waals surface area contributed by atoms with Crippen molar-refractivity contribution in [3.8, 4) is 0 Å². The monoisotopic (exact) mass is 358 g/mol. The molecule has 0 spiro atoms. The van der Waals surface area contributed by atoms with Crippen LogP contribution >= 0.6 is 0 Å². The van der Waals surface area contributed by atoms with Crippen LogP contribution in [0.5, 0.6) is 0 Å². The zero-order valence-corrected chi connectivity index (χ0v) is 16.1. The summed E-state index contributed by atoms with van der Waals surface area (Å²) in [6, 6.07) is 11.2. The van der Waals surface area contributed by atoms with Crippen molar-refractivity contribution in [2.45, 2.75) is 51.1 Å². The van der Waals surface area contributed by atoms with Crippen LogP contribution in [0.2, 0.25) is 0 Å². The molecule has 2 fully saturated rings. The van der Waals surface area contributed by atoms with Gasteiger partial charge in [-0.1, -0.05) is 56.5 Å². The topological polar surface area (TPSA) is 47.6 Å². The molecule has 2 N–H and O–H groups in total. The van der Waals surface area contributed by atoms with Gasteiger partial charge in [-0.3, -0.25) is 4.90 Å². The first-order valence-corrected chi connectivity index (χ1v) is 10.3. The number of nitrogens with zero attached hydrogens (tertiary/aromatic N) is 2. The van der Waals surface area contributed by atoms with E-state index in [1.54, 1.807) is 0 Å². The molecule has 1 saturated carbocycles. The molecule has 1 aliphatic heterocycles. The highest BCUT2D eigenvalue weighted by atomic mass is 16.2. The van der Waals surface area contributed by atoms with Gasteiger partial charge >= 0.3 is 6.03 Å². The third-order valence-corrected chi connectivity index (χ3v) is 5.88. The smallest absolute Gasteiger partial charge is 0.315 e. The fourth-order valence-corrected chi connectivity index (χ4v) is 4.20. The van der Waals surface area contributed by atoms with Crippen molar-refractivity contribution in [2.24, 2.45) is 0 Å². The fraction of sp³-hybridized carbons (Fsp3) is 0.667. The van der Waals surface area contributed by atoms with E-state index in [-0.39, 0.29) is 12.1 Å². The number of urea groups is 1. The quantitative estimate of drug-likeness (QED) is 0.822. The molecule has 0 radical (unpaired) electrons. The normalized spacial score (nSPS) is 21.3. The van der Waals surface area contributed by atoms with Gasteiger partial charge in [0.05, 0.1) is 6.04 Å². The first-order chi connectivity index (χ1) is 12.8. The molecule has 2 aliphatic rings. The van der Waals surface area contributed by atoms with Crippen molar-refractivity contribution in [3.05, 3.63) is 35.9 Å². The molecule has 1 aromatic rings. The minimum atomic E-state index is -0.00924. The summed E-state index contributed by atoms with van der Waals surface area (Å²) in [7, 11) is 0. The Morgan fingerprint density at radius 3 is 2.42 bits per heavy atom. The molecule has 1 heterocycles. The Kier molecular flexibility index (Phi) is 7.32. The van der Waals surface area contributed by atoms with Crippen LogP contribution in [-0.4, -0.2) is 61.1 Å². The van der Waals surface area contributed by atoms with Crippen LogP contribution in [-0.2, 0) is 0 Å². The molecule has 1 saturated heterocycles. The van der Waals surface area contributed by atoms with Gasteiger partial charge in [0.2, 0.25) is 0 Å². The van der Waals surface area contributed by atoms with Crippen molar-refractivity contribution in [1.82, 2.24) is 20.4 Å². The van der Waals surface area contributed by atoms with Gasteiger partial charge < -0.3 is 15.5 Å². The molecule has 1 aliphatic carbocycles. The Labute approximate surface area is 158 Å². The lowest BCUT2D eigenvalue weighted by atomic mass is 9.96. The molecule has 0 aromatic heterocycles. The number of likely N-dealkylation sites (N-methyl/N-ethyl adjacent to an activating group) is 1. The third-order valence-electron chi connectivity index (χ3n) is 5.88. The molecule has 3 rings (SSSR count). The summed E-state index contributed by atoms with van der Waals surface area (Å²) in [6.45, 7) is 8.32. The van der Waals surface area contributed by atoms with Crippen molar-refractivity contribution >= 4 is 6.03 Å². The summed E-state index contributed by atoms with van der Waals surface area (Å²) in [5, 5.41) is 6.31. The number of rotatable bonds is 6. The Balaban J connectivity index is 1.56. The van der Waals surface area contributed by atoms with Gasteiger partial charge in [0.15, 0.2) is 0 Å². The summed E-state index contributed by atoms with van der Waals surface area (Å²) < 4.78 is 0. The van der Waals surface area contributed by atoms with E-state index in [4.69, 9.17) is 0 Å². The summed E-state index contributed by atoms with van der Waals surface area (Å²) >= 11 is 0. The summed E-state index contributed by atoms with van der Waals surface area (Å²) in [6.07, 6.45) is 6.02. The SMILES string of the molecule is CCN1CCN(C(CNC(=O)NC2CCCCC2)c2ccccc2)CC1. The molecule has 26 heavy (non-hydrogen) atoms. The molecule has 2 amide bonds. The van der Waals surface area contributed by atoms with Crippen molar-refractivity contribution < 1.29 is 4.79 Å². The minimum absolute atomic E-state index is 0.00924. The highest BCUT2D eigenvalue weighted by Gasteiger charge is 2.25. The van der Waals surface area contributed by atoms with Gasteiger partial charge in [-0.15, -0.1) is 0 Å². The Morgan fingerprint density at radius 1 is 1.08 bits per heavy atom. The number of hydrogen-bond acceptors (Lipinski definition) is 3. The largest absolute Gasteiger partial charge is 0.336 e. The number of nitrogens with one attached hydrogen (secondary N) is 2. The van der Waals surface area contributed by atoms with Crippen molar-refractivity contribution in [3.63, 3.8) is 0 Å². The zero-order valence-electron chi connectivity index (χ0n) is 16.1.